The number of nitrogens with zero attached hydrogens (tertiary/aromatic N) is 2. The SMILES string of the molecule is O=C(CCCN1CCN(C2Cc3ccc(F)cc3Sc3cc(F)c(Cl)cc32)CC1)c1ccc(F)cc1. The number of carbonyl (C=O) groups is 1. The highest BCUT2D eigenvalue weighted by molar-refractivity contribution is 7.99. The predicted molar refractivity (Wildman–Crippen MR) is 136 cm³/mol. The van der Waals surface area contributed by atoms with Crippen molar-refractivity contribution in [2.45, 2.75) is 35.1 Å². The van der Waals surface area contributed by atoms with Crippen LogP contribution in [0.2, 0.25) is 5.02 Å². The molecule has 0 radical (unpaired) electrons. The first-order valence-electron chi connectivity index (χ1n) is 12.1. The first-order valence-corrected chi connectivity index (χ1v) is 13.3. The van der Waals surface area contributed by atoms with Crippen molar-refractivity contribution in [3.05, 3.63) is 93.8 Å². The van der Waals surface area contributed by atoms with E-state index in [1.54, 1.807) is 6.07 Å². The summed E-state index contributed by atoms with van der Waals surface area (Å²) in [6.07, 6.45) is 1.87. The van der Waals surface area contributed by atoms with Gasteiger partial charge in [-0.15, -0.1) is 0 Å². The van der Waals surface area contributed by atoms with Crippen molar-refractivity contribution in [1.29, 1.82) is 0 Å². The molecule has 0 aliphatic carbocycles. The van der Waals surface area contributed by atoms with Gasteiger partial charge >= 0.3 is 0 Å². The van der Waals surface area contributed by atoms with Gasteiger partial charge in [0, 0.05) is 54.0 Å². The number of fused-ring (bicyclic) bond motifs is 2. The molecule has 2 aliphatic heterocycles. The summed E-state index contributed by atoms with van der Waals surface area (Å²) in [5, 5.41) is 0.0981. The first-order chi connectivity index (χ1) is 17.4. The lowest BCUT2D eigenvalue weighted by Crippen LogP contribution is -2.48. The Labute approximate surface area is 218 Å². The van der Waals surface area contributed by atoms with E-state index in [-0.39, 0.29) is 28.5 Å². The van der Waals surface area contributed by atoms with Crippen molar-refractivity contribution in [3.63, 3.8) is 0 Å². The van der Waals surface area contributed by atoms with Crippen LogP contribution in [0.5, 0.6) is 0 Å². The van der Waals surface area contributed by atoms with Gasteiger partial charge in [0.05, 0.1) is 5.02 Å². The van der Waals surface area contributed by atoms with Crippen molar-refractivity contribution >= 4 is 29.1 Å². The van der Waals surface area contributed by atoms with E-state index in [1.165, 1.54) is 54.2 Å². The smallest absolute Gasteiger partial charge is 0.162 e. The molecule has 3 aromatic rings. The molecular formula is C28H26ClF3N2OS. The number of Topliss-reactive ketones (excluding diaryl/α,β-unsaturated/α-hetero) is 1. The second-order valence-electron chi connectivity index (χ2n) is 9.29. The zero-order valence-electron chi connectivity index (χ0n) is 19.7. The minimum absolute atomic E-state index is 0.0134. The number of hydrogen-bond donors (Lipinski definition) is 0. The molecule has 0 aromatic heterocycles. The van der Waals surface area contributed by atoms with Gasteiger partial charge in [-0.25, -0.2) is 13.2 Å². The third kappa shape index (κ3) is 5.65. The Balaban J connectivity index is 1.23. The Morgan fingerprint density at radius 3 is 2.39 bits per heavy atom. The Morgan fingerprint density at radius 1 is 0.917 bits per heavy atom. The van der Waals surface area contributed by atoms with E-state index in [2.05, 4.69) is 9.80 Å². The highest BCUT2D eigenvalue weighted by atomic mass is 35.5. The van der Waals surface area contributed by atoms with E-state index in [1.807, 2.05) is 6.07 Å². The molecule has 1 atom stereocenters. The molecule has 5 rings (SSSR count). The van der Waals surface area contributed by atoms with E-state index in [0.717, 1.165) is 60.1 Å². The van der Waals surface area contributed by atoms with Gasteiger partial charge in [0.2, 0.25) is 0 Å². The molecule has 2 heterocycles. The van der Waals surface area contributed by atoms with Crippen LogP contribution in [-0.2, 0) is 6.42 Å². The maximum atomic E-state index is 14.3. The van der Waals surface area contributed by atoms with Gasteiger partial charge in [0.25, 0.3) is 0 Å². The van der Waals surface area contributed by atoms with Gasteiger partial charge in [-0.1, -0.05) is 29.4 Å². The monoisotopic (exact) mass is 530 g/mol. The summed E-state index contributed by atoms with van der Waals surface area (Å²) in [4.78, 5) is 18.7. The van der Waals surface area contributed by atoms with E-state index >= 15 is 0 Å². The quantitative estimate of drug-likeness (QED) is 0.327. The van der Waals surface area contributed by atoms with E-state index in [9.17, 15) is 18.0 Å². The van der Waals surface area contributed by atoms with E-state index in [0.29, 0.717) is 18.4 Å². The van der Waals surface area contributed by atoms with Crippen LogP contribution in [0, 0.1) is 17.5 Å². The molecule has 1 fully saturated rings. The molecule has 3 nitrogen and oxygen atoms in total. The molecular weight excluding hydrogens is 505 g/mol. The fourth-order valence-electron chi connectivity index (χ4n) is 4.99. The number of rotatable bonds is 6. The van der Waals surface area contributed by atoms with Crippen molar-refractivity contribution < 1.29 is 18.0 Å². The summed E-state index contributed by atoms with van der Waals surface area (Å²) in [6.45, 7) is 4.18. The lowest BCUT2D eigenvalue weighted by molar-refractivity contribution is 0.0888. The number of ketones is 1. The Hall–Kier alpha value is -2.32. The number of hydrogen-bond acceptors (Lipinski definition) is 4. The first kappa shape index (κ1) is 25.3. The zero-order valence-corrected chi connectivity index (χ0v) is 21.2. The van der Waals surface area contributed by atoms with Gasteiger partial charge in [-0.05, 0) is 79.0 Å². The van der Waals surface area contributed by atoms with Crippen LogP contribution in [0.15, 0.2) is 64.4 Å². The third-order valence-electron chi connectivity index (χ3n) is 6.97. The number of piperazine rings is 1. The molecule has 0 N–H and O–H groups in total. The second-order valence-corrected chi connectivity index (χ2v) is 10.8. The van der Waals surface area contributed by atoms with Gasteiger partial charge in [-0.2, -0.15) is 0 Å². The van der Waals surface area contributed by atoms with Gasteiger partial charge in [0.15, 0.2) is 5.78 Å². The van der Waals surface area contributed by atoms with Crippen molar-refractivity contribution in [1.82, 2.24) is 9.80 Å². The minimum Gasteiger partial charge on any atom is -0.301 e. The van der Waals surface area contributed by atoms with Crippen molar-refractivity contribution in [3.8, 4) is 0 Å². The van der Waals surface area contributed by atoms with E-state index in [4.69, 9.17) is 11.6 Å². The highest BCUT2D eigenvalue weighted by Gasteiger charge is 2.31. The standard InChI is InChI=1S/C28H26ClF3N2OS/c29-23-16-22-25(14-19-5-8-21(31)15-27(19)36-28(22)17-24(23)32)34-12-10-33(11-13-34)9-1-2-26(35)18-3-6-20(30)7-4-18/h3-8,15-17,25H,1-2,9-14H2. The summed E-state index contributed by atoms with van der Waals surface area (Å²) in [6, 6.07) is 13.7. The molecule has 0 saturated carbocycles. The topological polar surface area (TPSA) is 23.6 Å². The molecule has 0 bridgehead atoms. The number of carbonyl (C=O) groups excluding carboxylic acids is 1. The molecule has 36 heavy (non-hydrogen) atoms. The predicted octanol–water partition coefficient (Wildman–Crippen LogP) is 6.79. The summed E-state index contributed by atoms with van der Waals surface area (Å²) in [7, 11) is 0. The maximum absolute atomic E-state index is 14.3. The van der Waals surface area contributed by atoms with Crippen LogP contribution < -0.4 is 0 Å². The fourth-order valence-corrected chi connectivity index (χ4v) is 6.33. The summed E-state index contributed by atoms with van der Waals surface area (Å²) in [5.74, 6) is -1.09. The van der Waals surface area contributed by atoms with Crippen LogP contribution >= 0.6 is 23.4 Å². The van der Waals surface area contributed by atoms with Gasteiger partial charge < -0.3 is 4.90 Å². The largest absolute Gasteiger partial charge is 0.301 e. The summed E-state index contributed by atoms with van der Waals surface area (Å²) in [5.41, 5.74) is 2.56. The Bertz CT molecular complexity index is 1260. The maximum Gasteiger partial charge on any atom is 0.162 e. The third-order valence-corrected chi connectivity index (χ3v) is 8.43. The average Bonchev–Trinajstić information content (AvgIpc) is 3.01. The van der Waals surface area contributed by atoms with Crippen LogP contribution in [0.4, 0.5) is 13.2 Å². The number of halogens is 4. The fraction of sp³-hybridized carbons (Fsp3) is 0.321. The van der Waals surface area contributed by atoms with Gasteiger partial charge in [0.1, 0.15) is 17.5 Å². The summed E-state index contributed by atoms with van der Waals surface area (Å²) < 4.78 is 41.4. The van der Waals surface area contributed by atoms with E-state index < -0.39 is 5.82 Å². The van der Waals surface area contributed by atoms with Crippen LogP contribution in [0.1, 0.15) is 40.4 Å². The second kappa shape index (κ2) is 11.0. The molecule has 8 heteroatoms. The molecule has 188 valence electrons. The molecule has 0 amide bonds. The van der Waals surface area contributed by atoms with Crippen LogP contribution in [0.25, 0.3) is 0 Å². The Morgan fingerprint density at radius 2 is 1.64 bits per heavy atom. The Kier molecular flexibility index (Phi) is 7.72. The highest BCUT2D eigenvalue weighted by Crippen LogP contribution is 2.44. The van der Waals surface area contributed by atoms with Gasteiger partial charge in [-0.3, -0.25) is 9.69 Å². The molecule has 3 aromatic carbocycles. The minimum atomic E-state index is -0.471. The lowest BCUT2D eigenvalue weighted by Gasteiger charge is -2.39. The van der Waals surface area contributed by atoms with Crippen molar-refractivity contribution in [2.75, 3.05) is 32.7 Å². The average molecular weight is 531 g/mol. The zero-order chi connectivity index (χ0) is 25.2. The normalized spacial score (nSPS) is 18.4. The van der Waals surface area contributed by atoms with Crippen LogP contribution in [0.3, 0.4) is 0 Å². The summed E-state index contributed by atoms with van der Waals surface area (Å²) >= 11 is 7.57. The van der Waals surface area contributed by atoms with Crippen molar-refractivity contribution in [2.24, 2.45) is 0 Å². The molecule has 2 aliphatic rings. The van der Waals surface area contributed by atoms with Crippen LogP contribution in [-0.4, -0.2) is 48.3 Å². The molecule has 1 saturated heterocycles. The number of benzene rings is 3. The molecule has 1 unspecified atom stereocenters. The molecule has 0 spiro atoms. The lowest BCUT2D eigenvalue weighted by atomic mass is 9.96.